The highest BCUT2D eigenvalue weighted by molar-refractivity contribution is 6.12. The zero-order valence-corrected chi connectivity index (χ0v) is 27.1. The molecular weight excluding hydrogens is 556 g/mol. The summed E-state index contributed by atoms with van der Waals surface area (Å²) in [5.74, 6) is 0.226. The molecule has 0 atom stereocenters. The molecule has 1 aromatic heterocycles. The SMILES string of the molecule is CC(C)Cc1ccc([N+](C)(c2ccc(CC(C)C)cc2)c2cccc(C(=O)c3[nH]c4ccccc4c3CCCC(=O)O)c2)cc1. The monoisotopic (exact) mass is 601 g/mol. The van der Waals surface area contributed by atoms with E-state index in [1.54, 1.807) is 0 Å². The minimum Gasteiger partial charge on any atom is -0.481 e. The van der Waals surface area contributed by atoms with Crippen LogP contribution >= 0.6 is 0 Å². The first kappa shape index (κ1) is 31.9. The number of para-hydroxylation sites is 1. The zero-order valence-electron chi connectivity index (χ0n) is 27.1. The number of ketones is 1. The van der Waals surface area contributed by atoms with Gasteiger partial charge in [0.15, 0.2) is 0 Å². The van der Waals surface area contributed by atoms with E-state index in [-0.39, 0.29) is 12.2 Å². The third kappa shape index (κ3) is 7.10. The molecule has 0 aliphatic carbocycles. The van der Waals surface area contributed by atoms with Crippen molar-refractivity contribution in [2.24, 2.45) is 11.8 Å². The normalized spacial score (nSPS) is 11.9. The Labute approximate surface area is 267 Å². The van der Waals surface area contributed by atoms with Crippen molar-refractivity contribution in [3.05, 3.63) is 125 Å². The van der Waals surface area contributed by atoms with E-state index < -0.39 is 5.97 Å². The van der Waals surface area contributed by atoms with Gasteiger partial charge in [0.2, 0.25) is 5.78 Å². The number of carboxylic acids is 1. The lowest BCUT2D eigenvalue weighted by molar-refractivity contribution is -0.137. The maximum Gasteiger partial charge on any atom is 0.303 e. The maximum absolute atomic E-state index is 14.2. The molecule has 5 heteroatoms. The maximum atomic E-state index is 14.2. The summed E-state index contributed by atoms with van der Waals surface area (Å²) in [4.78, 5) is 28.8. The number of hydrogen-bond acceptors (Lipinski definition) is 2. The fraction of sp³-hybridized carbons (Fsp3) is 0.300. The molecule has 2 N–H and O–H groups in total. The highest BCUT2D eigenvalue weighted by Gasteiger charge is 2.32. The Hall–Kier alpha value is -4.48. The smallest absolute Gasteiger partial charge is 0.303 e. The van der Waals surface area contributed by atoms with Crippen LogP contribution in [-0.2, 0) is 24.1 Å². The first-order chi connectivity index (χ1) is 21.6. The fourth-order valence-corrected chi connectivity index (χ4v) is 6.39. The topological polar surface area (TPSA) is 70.2 Å². The molecule has 232 valence electrons. The van der Waals surface area contributed by atoms with Gasteiger partial charge in [-0.2, -0.15) is 0 Å². The summed E-state index contributed by atoms with van der Waals surface area (Å²) >= 11 is 0. The van der Waals surface area contributed by atoms with Crippen LogP contribution in [0.5, 0.6) is 0 Å². The number of aryl methyl sites for hydroxylation is 1. The number of carbonyl (C=O) groups is 2. The van der Waals surface area contributed by atoms with Gasteiger partial charge in [-0.05, 0) is 60.3 Å². The Morgan fingerprint density at radius 3 is 1.87 bits per heavy atom. The summed E-state index contributed by atoms with van der Waals surface area (Å²) in [6.07, 6.45) is 3.08. The number of carboxylic acid groups (broad SMARTS) is 1. The van der Waals surface area contributed by atoms with Crippen LogP contribution in [0, 0.1) is 11.8 Å². The van der Waals surface area contributed by atoms with Crippen LogP contribution in [0.4, 0.5) is 17.1 Å². The van der Waals surface area contributed by atoms with Crippen molar-refractivity contribution in [3.8, 4) is 0 Å². The number of aromatic amines is 1. The Balaban J connectivity index is 1.58. The average molecular weight is 602 g/mol. The Bertz CT molecular complexity index is 1730. The Morgan fingerprint density at radius 1 is 0.733 bits per heavy atom. The Kier molecular flexibility index (Phi) is 9.69. The van der Waals surface area contributed by atoms with Crippen molar-refractivity contribution in [2.75, 3.05) is 7.05 Å². The highest BCUT2D eigenvalue weighted by Crippen LogP contribution is 2.43. The van der Waals surface area contributed by atoms with E-state index in [2.05, 4.69) is 94.3 Å². The van der Waals surface area contributed by atoms with E-state index in [1.165, 1.54) is 11.1 Å². The number of nitrogens with zero attached hydrogens (tertiary/aromatic N) is 1. The molecule has 1 heterocycles. The van der Waals surface area contributed by atoms with Crippen LogP contribution in [0.3, 0.4) is 0 Å². The van der Waals surface area contributed by atoms with Crippen LogP contribution in [-0.4, -0.2) is 28.9 Å². The molecule has 0 bridgehead atoms. The summed E-state index contributed by atoms with van der Waals surface area (Å²) in [6, 6.07) is 33.6. The molecule has 5 aromatic rings. The van der Waals surface area contributed by atoms with Gasteiger partial charge in [0.1, 0.15) is 17.1 Å². The van der Waals surface area contributed by atoms with Crippen LogP contribution in [0.25, 0.3) is 10.9 Å². The summed E-state index contributed by atoms with van der Waals surface area (Å²) in [7, 11) is 2.19. The van der Waals surface area contributed by atoms with Crippen LogP contribution in [0.1, 0.15) is 73.3 Å². The second-order valence-electron chi connectivity index (χ2n) is 13.2. The highest BCUT2D eigenvalue weighted by atomic mass is 16.4. The van der Waals surface area contributed by atoms with Gasteiger partial charge >= 0.3 is 5.97 Å². The molecule has 45 heavy (non-hydrogen) atoms. The molecule has 0 spiro atoms. The molecular formula is C40H45N2O3+. The van der Waals surface area contributed by atoms with E-state index in [0.29, 0.717) is 40.4 Å². The number of fused-ring (bicyclic) bond motifs is 1. The second-order valence-corrected chi connectivity index (χ2v) is 13.2. The zero-order chi connectivity index (χ0) is 32.1. The molecule has 0 fully saturated rings. The molecule has 0 aliphatic heterocycles. The quantitative estimate of drug-likeness (QED) is 0.104. The van der Waals surface area contributed by atoms with Crippen molar-refractivity contribution in [1.29, 1.82) is 0 Å². The van der Waals surface area contributed by atoms with E-state index in [9.17, 15) is 14.7 Å². The largest absolute Gasteiger partial charge is 0.481 e. The van der Waals surface area contributed by atoms with Crippen molar-refractivity contribution in [2.45, 2.75) is 59.8 Å². The van der Waals surface area contributed by atoms with Crippen molar-refractivity contribution < 1.29 is 14.7 Å². The second kappa shape index (κ2) is 13.7. The molecule has 0 saturated carbocycles. The van der Waals surface area contributed by atoms with Gasteiger partial charge in [0.25, 0.3) is 0 Å². The third-order valence-corrected chi connectivity index (χ3v) is 8.68. The molecule has 0 radical (unpaired) electrons. The van der Waals surface area contributed by atoms with E-state index in [1.807, 2.05) is 42.5 Å². The first-order valence-corrected chi connectivity index (χ1v) is 16.1. The number of aromatic nitrogens is 1. The molecule has 0 saturated heterocycles. The minimum atomic E-state index is -0.832. The summed E-state index contributed by atoms with van der Waals surface area (Å²) in [5.41, 5.74) is 8.72. The number of H-pyrrole nitrogens is 1. The number of nitrogens with one attached hydrogen (secondary N) is 1. The number of carbonyl (C=O) groups excluding carboxylic acids is 1. The molecule has 0 unspecified atom stereocenters. The number of benzene rings is 4. The number of rotatable bonds is 13. The lowest BCUT2D eigenvalue weighted by Crippen LogP contribution is -2.34. The lowest BCUT2D eigenvalue weighted by Gasteiger charge is -2.34. The van der Waals surface area contributed by atoms with Crippen LogP contribution < -0.4 is 4.48 Å². The van der Waals surface area contributed by atoms with E-state index in [0.717, 1.165) is 46.4 Å². The summed E-state index contributed by atoms with van der Waals surface area (Å²) < 4.78 is 0.406. The molecule has 0 aliphatic rings. The standard InChI is InChI=1S/C40H44N2O3/c1-27(2)24-29-16-20-32(21-17-29)42(5,33-22-18-30(19-23-33)25-28(3)4)34-11-8-10-31(26-34)40(45)39-36(13-9-15-38(43)44)35-12-6-7-14-37(35)41-39/h6-8,10-12,14,16-23,26-28H,9,13,15,24-25H2,1-5H3,(H-,41,43,44,45)/p+1. The molecule has 4 aromatic carbocycles. The van der Waals surface area contributed by atoms with Crippen LogP contribution in [0.2, 0.25) is 0 Å². The van der Waals surface area contributed by atoms with Gasteiger partial charge in [-0.15, -0.1) is 0 Å². The fourth-order valence-electron chi connectivity index (χ4n) is 6.39. The van der Waals surface area contributed by atoms with Gasteiger partial charge in [0.05, 0.1) is 12.7 Å². The van der Waals surface area contributed by atoms with E-state index >= 15 is 0 Å². The molecule has 0 amide bonds. The summed E-state index contributed by atoms with van der Waals surface area (Å²) in [5, 5.41) is 10.2. The lowest BCUT2D eigenvalue weighted by atomic mass is 9.98. The molecule has 5 nitrogen and oxygen atoms in total. The van der Waals surface area contributed by atoms with Crippen molar-refractivity contribution in [1.82, 2.24) is 9.47 Å². The first-order valence-electron chi connectivity index (χ1n) is 16.1. The number of quaternary nitrogens is 1. The van der Waals surface area contributed by atoms with Crippen molar-refractivity contribution >= 4 is 39.7 Å². The number of aliphatic carboxylic acids is 1. The molecule has 5 rings (SSSR count). The van der Waals surface area contributed by atoms with Crippen LogP contribution in [0.15, 0.2) is 97.1 Å². The Morgan fingerprint density at radius 2 is 1.31 bits per heavy atom. The van der Waals surface area contributed by atoms with E-state index in [4.69, 9.17) is 0 Å². The predicted octanol–water partition coefficient (Wildman–Crippen LogP) is 9.80. The number of hydrogen-bond donors (Lipinski definition) is 2. The van der Waals surface area contributed by atoms with Gasteiger partial charge in [-0.3, -0.25) is 9.59 Å². The predicted molar refractivity (Wildman–Crippen MR) is 186 cm³/mol. The van der Waals surface area contributed by atoms with Gasteiger partial charge in [0, 0.05) is 59.3 Å². The van der Waals surface area contributed by atoms with Gasteiger partial charge < -0.3 is 10.1 Å². The minimum absolute atomic E-state index is 0.0599. The summed E-state index contributed by atoms with van der Waals surface area (Å²) in [6.45, 7) is 8.94. The van der Waals surface area contributed by atoms with Gasteiger partial charge in [-0.25, -0.2) is 4.48 Å². The third-order valence-electron chi connectivity index (χ3n) is 8.68. The van der Waals surface area contributed by atoms with Gasteiger partial charge in [-0.1, -0.05) is 82.3 Å². The van der Waals surface area contributed by atoms with Crippen molar-refractivity contribution in [3.63, 3.8) is 0 Å². The average Bonchev–Trinajstić information content (AvgIpc) is 3.39.